The summed E-state index contributed by atoms with van der Waals surface area (Å²) in [4.78, 5) is 32.4. The van der Waals surface area contributed by atoms with E-state index in [1.54, 1.807) is 35.0 Å². The van der Waals surface area contributed by atoms with Crippen molar-refractivity contribution >= 4 is 18.0 Å². The van der Waals surface area contributed by atoms with E-state index < -0.39 is 11.8 Å². The second-order valence-electron chi connectivity index (χ2n) is 14.0. The highest BCUT2D eigenvalue weighted by molar-refractivity contribution is 5.95. The fourth-order valence-corrected chi connectivity index (χ4v) is 4.73. The summed E-state index contributed by atoms with van der Waals surface area (Å²) in [7, 11) is 3.36. The lowest BCUT2D eigenvalue weighted by molar-refractivity contribution is -0.151. The number of hydrogen-bond donors (Lipinski definition) is 2. The zero-order chi connectivity index (χ0) is 35.7. The Morgan fingerprint density at radius 1 is 0.957 bits per heavy atom. The Morgan fingerprint density at radius 2 is 1.57 bits per heavy atom. The Kier molecular flexibility index (Phi) is 19.3. The lowest BCUT2D eigenvalue weighted by atomic mass is 9.81. The number of carbonyl (C=O) groups excluding carboxylic acids is 2. The van der Waals surface area contributed by atoms with E-state index in [1.165, 1.54) is 12.5 Å². The van der Waals surface area contributed by atoms with Crippen LogP contribution in [0.3, 0.4) is 0 Å². The molecular formula is C36H61NO9. The number of rotatable bonds is 11. The lowest BCUT2D eigenvalue weighted by Gasteiger charge is -2.31. The van der Waals surface area contributed by atoms with Gasteiger partial charge in [0.05, 0.1) is 13.7 Å². The van der Waals surface area contributed by atoms with Crippen molar-refractivity contribution < 1.29 is 43.2 Å². The van der Waals surface area contributed by atoms with Crippen LogP contribution >= 0.6 is 0 Å². The Hall–Kier alpha value is -3.27. The number of carbonyl (C=O) groups is 3. The predicted molar refractivity (Wildman–Crippen MR) is 182 cm³/mol. The number of allylic oxidation sites excluding steroid dienone is 1. The topological polar surface area (TPSA) is 130 Å². The van der Waals surface area contributed by atoms with Gasteiger partial charge in [0.2, 0.25) is 5.91 Å². The molecule has 10 nitrogen and oxygen atoms in total. The molecule has 0 aromatic heterocycles. The fraction of sp³-hybridized carbons (Fsp3) is 0.694. The lowest BCUT2D eigenvalue weighted by Crippen LogP contribution is -2.42. The molecule has 1 saturated heterocycles. The Labute approximate surface area is 277 Å². The summed E-state index contributed by atoms with van der Waals surface area (Å²) < 4.78 is 25.7. The average molecular weight is 652 g/mol. The summed E-state index contributed by atoms with van der Waals surface area (Å²) in [6.45, 7) is 21.8. The number of nitrogens with one attached hydrogen (secondary N) is 1. The minimum Gasteiger partial charge on any atom is -0.493 e. The van der Waals surface area contributed by atoms with Crippen LogP contribution in [-0.2, 0) is 30.2 Å². The molecule has 0 radical (unpaired) electrons. The van der Waals surface area contributed by atoms with Gasteiger partial charge in [-0.05, 0) is 111 Å². The van der Waals surface area contributed by atoms with Gasteiger partial charge in [0.15, 0.2) is 11.5 Å². The Morgan fingerprint density at radius 3 is 1.96 bits per heavy atom. The summed E-state index contributed by atoms with van der Waals surface area (Å²) in [5.74, 6) is 2.44. The molecule has 0 saturated carbocycles. The molecular weight excluding hydrogens is 590 g/mol. The van der Waals surface area contributed by atoms with Crippen molar-refractivity contribution in [3.63, 3.8) is 0 Å². The van der Waals surface area contributed by atoms with E-state index in [2.05, 4.69) is 36.0 Å². The van der Waals surface area contributed by atoms with Gasteiger partial charge in [-0.2, -0.15) is 0 Å². The molecule has 1 aromatic rings. The molecule has 1 amide bonds. The van der Waals surface area contributed by atoms with E-state index in [9.17, 15) is 14.4 Å². The third-order valence-electron chi connectivity index (χ3n) is 6.81. The number of amides is 1. The zero-order valence-electron chi connectivity index (χ0n) is 30.6. The van der Waals surface area contributed by atoms with Crippen LogP contribution in [0.2, 0.25) is 0 Å². The van der Waals surface area contributed by atoms with Crippen molar-refractivity contribution in [2.45, 2.75) is 126 Å². The molecule has 0 bridgehead atoms. The molecule has 10 heteroatoms. The van der Waals surface area contributed by atoms with Crippen LogP contribution in [-0.4, -0.2) is 67.8 Å². The van der Waals surface area contributed by atoms with Gasteiger partial charge < -0.3 is 34.1 Å². The van der Waals surface area contributed by atoms with E-state index in [-0.39, 0.29) is 23.5 Å². The second kappa shape index (κ2) is 20.8. The zero-order valence-corrected chi connectivity index (χ0v) is 30.6. The highest BCUT2D eigenvalue weighted by Crippen LogP contribution is 2.32. The second-order valence-corrected chi connectivity index (χ2v) is 14.0. The average Bonchev–Trinajstić information content (AvgIpc) is 2.88. The van der Waals surface area contributed by atoms with Crippen LogP contribution in [0.25, 0.3) is 0 Å². The molecule has 1 fully saturated rings. The standard InChI is InChI=1S/C25H39NO4.C6H12O2.C5H10O3/c1-17(2)20(16-21-9-10-22(18(3)4)25(27)26-21)14-19-8-11-23(29-6)24(15-19)30-13-7-12-28-5;1-5(7)8-6(2,3)4;1-5(2,3)8-4(6)7/h8,11,15,17,20-21H,7,9-10,12-14,16H2,1-6H3,(H,26,27);1-4H3;1-3H3,(H,6,7)/t20?,21-;;/m1../s1. The maximum atomic E-state index is 12.4. The van der Waals surface area contributed by atoms with Crippen LogP contribution in [0.15, 0.2) is 29.3 Å². The van der Waals surface area contributed by atoms with Crippen molar-refractivity contribution in [1.29, 1.82) is 0 Å². The third-order valence-corrected chi connectivity index (χ3v) is 6.81. The number of piperidine rings is 1. The van der Waals surface area contributed by atoms with Gasteiger partial charge in [-0.25, -0.2) is 4.79 Å². The third kappa shape index (κ3) is 20.0. The maximum Gasteiger partial charge on any atom is 0.506 e. The molecule has 1 heterocycles. The minimum absolute atomic E-state index is 0.116. The first-order valence-corrected chi connectivity index (χ1v) is 16.1. The highest BCUT2D eigenvalue weighted by atomic mass is 16.7. The molecule has 2 atom stereocenters. The molecule has 0 aliphatic carbocycles. The van der Waals surface area contributed by atoms with Crippen LogP contribution in [0, 0.1) is 11.8 Å². The molecule has 1 unspecified atom stereocenters. The fourth-order valence-electron chi connectivity index (χ4n) is 4.73. The van der Waals surface area contributed by atoms with Gasteiger partial charge in [0.25, 0.3) is 0 Å². The van der Waals surface area contributed by atoms with Gasteiger partial charge >= 0.3 is 12.1 Å². The number of ether oxygens (including phenoxy) is 5. The summed E-state index contributed by atoms with van der Waals surface area (Å²) in [5.41, 5.74) is 2.42. The predicted octanol–water partition coefficient (Wildman–Crippen LogP) is 7.76. The largest absolute Gasteiger partial charge is 0.506 e. The first-order chi connectivity index (χ1) is 21.2. The molecule has 1 aromatic carbocycles. The SMILES string of the molecule is CC(=O)OC(C)(C)C.CC(C)(C)OC(=O)O.COCCCOc1cc(CC(C[C@H]2CCC(=C(C)C)C(=O)N2)C(C)C)ccc1OC. The smallest absolute Gasteiger partial charge is 0.493 e. The highest BCUT2D eigenvalue weighted by Gasteiger charge is 2.27. The molecule has 1 aliphatic heterocycles. The van der Waals surface area contributed by atoms with Gasteiger partial charge in [-0.3, -0.25) is 9.59 Å². The summed E-state index contributed by atoms with van der Waals surface area (Å²) in [5, 5.41) is 11.3. The summed E-state index contributed by atoms with van der Waals surface area (Å²) >= 11 is 0. The van der Waals surface area contributed by atoms with Crippen molar-refractivity contribution in [2.24, 2.45) is 11.8 Å². The number of benzene rings is 1. The molecule has 2 rings (SSSR count). The number of hydrogen-bond acceptors (Lipinski definition) is 8. The maximum absolute atomic E-state index is 12.4. The number of carboxylic acid groups (broad SMARTS) is 1. The van der Waals surface area contributed by atoms with Crippen molar-refractivity contribution in [2.75, 3.05) is 27.4 Å². The van der Waals surface area contributed by atoms with E-state index in [0.717, 1.165) is 54.7 Å². The first kappa shape index (κ1) is 42.7. The van der Waals surface area contributed by atoms with Crippen LogP contribution in [0.1, 0.15) is 107 Å². The van der Waals surface area contributed by atoms with E-state index in [1.807, 2.05) is 40.7 Å². The van der Waals surface area contributed by atoms with E-state index in [4.69, 9.17) is 24.1 Å². The van der Waals surface area contributed by atoms with Crippen LogP contribution < -0.4 is 14.8 Å². The monoisotopic (exact) mass is 651 g/mol. The van der Waals surface area contributed by atoms with E-state index in [0.29, 0.717) is 25.0 Å². The van der Waals surface area contributed by atoms with Gasteiger partial charge in [0, 0.05) is 38.7 Å². The molecule has 0 spiro atoms. The van der Waals surface area contributed by atoms with E-state index >= 15 is 0 Å². The van der Waals surface area contributed by atoms with Crippen molar-refractivity contribution in [3.05, 3.63) is 34.9 Å². The minimum atomic E-state index is -1.22. The number of esters is 1. The normalized spacial score (nSPS) is 15.3. The quantitative estimate of drug-likeness (QED) is 0.140. The summed E-state index contributed by atoms with van der Waals surface area (Å²) in [6, 6.07) is 6.46. The van der Waals surface area contributed by atoms with Gasteiger partial charge in [-0.1, -0.05) is 25.5 Å². The van der Waals surface area contributed by atoms with Crippen molar-refractivity contribution in [3.8, 4) is 11.5 Å². The van der Waals surface area contributed by atoms with Crippen molar-refractivity contribution in [1.82, 2.24) is 5.32 Å². The van der Waals surface area contributed by atoms with Crippen LogP contribution in [0.5, 0.6) is 11.5 Å². The Balaban J connectivity index is 0.00000104. The molecule has 2 N–H and O–H groups in total. The van der Waals surface area contributed by atoms with Gasteiger partial charge in [-0.15, -0.1) is 0 Å². The first-order valence-electron chi connectivity index (χ1n) is 16.1. The number of methoxy groups -OCH3 is 2. The van der Waals surface area contributed by atoms with Gasteiger partial charge in [0.1, 0.15) is 11.2 Å². The molecule has 264 valence electrons. The Bertz CT molecular complexity index is 1080. The summed E-state index contributed by atoms with van der Waals surface area (Å²) in [6.07, 6.45) is 3.47. The molecule has 1 aliphatic rings. The molecule has 46 heavy (non-hydrogen) atoms. The van der Waals surface area contributed by atoms with Crippen LogP contribution in [0.4, 0.5) is 4.79 Å².